The first-order valence-electron chi connectivity index (χ1n) is 7.12. The van der Waals surface area contributed by atoms with Gasteiger partial charge in [0.05, 0.1) is 12.1 Å². The Morgan fingerprint density at radius 1 is 1.38 bits per heavy atom. The summed E-state index contributed by atoms with van der Waals surface area (Å²) in [6, 6.07) is 6.12. The lowest BCUT2D eigenvalue weighted by Gasteiger charge is -2.50. The van der Waals surface area contributed by atoms with E-state index in [2.05, 4.69) is 29.4 Å². The molecule has 1 aromatic heterocycles. The van der Waals surface area contributed by atoms with Gasteiger partial charge in [0.15, 0.2) is 5.82 Å². The van der Waals surface area contributed by atoms with E-state index < -0.39 is 0 Å². The summed E-state index contributed by atoms with van der Waals surface area (Å²) in [5.74, 6) is 0.726. The van der Waals surface area contributed by atoms with Crippen LogP contribution in [-0.4, -0.2) is 33.4 Å². The van der Waals surface area contributed by atoms with Crippen LogP contribution in [0.15, 0.2) is 18.2 Å². The molecule has 112 valence electrons. The maximum absolute atomic E-state index is 6.10. The molecule has 0 aliphatic heterocycles. The molecule has 0 amide bonds. The van der Waals surface area contributed by atoms with Gasteiger partial charge in [-0.1, -0.05) is 25.5 Å². The van der Waals surface area contributed by atoms with E-state index in [1.54, 1.807) is 7.11 Å². The van der Waals surface area contributed by atoms with Gasteiger partial charge in [0.1, 0.15) is 0 Å². The molecule has 0 radical (unpaired) electrons. The summed E-state index contributed by atoms with van der Waals surface area (Å²) in [5, 5.41) is 12.2. The van der Waals surface area contributed by atoms with Gasteiger partial charge in [-0.25, -0.2) is 4.68 Å². The lowest BCUT2D eigenvalue weighted by molar-refractivity contribution is -0.116. The van der Waals surface area contributed by atoms with Crippen LogP contribution in [0.4, 0.5) is 5.69 Å². The van der Waals surface area contributed by atoms with Gasteiger partial charge in [-0.2, -0.15) is 0 Å². The van der Waals surface area contributed by atoms with Crippen molar-refractivity contribution in [3.63, 3.8) is 0 Å². The average molecular weight is 287 g/mol. The van der Waals surface area contributed by atoms with E-state index in [4.69, 9.17) is 10.5 Å². The van der Waals surface area contributed by atoms with Gasteiger partial charge in [0, 0.05) is 23.8 Å². The van der Waals surface area contributed by atoms with Crippen LogP contribution >= 0.6 is 0 Å². The highest BCUT2D eigenvalue weighted by Crippen LogP contribution is 2.51. The number of rotatable bonds is 3. The quantitative estimate of drug-likeness (QED) is 0.876. The Morgan fingerprint density at radius 2 is 2.14 bits per heavy atom. The van der Waals surface area contributed by atoms with Crippen molar-refractivity contribution in [1.82, 2.24) is 20.2 Å². The van der Waals surface area contributed by atoms with E-state index >= 15 is 0 Å². The predicted octanol–water partition coefficient (Wildman–Crippen LogP) is 2.22. The van der Waals surface area contributed by atoms with E-state index in [0.717, 1.165) is 23.4 Å². The van der Waals surface area contributed by atoms with Crippen LogP contribution in [0.25, 0.3) is 11.4 Å². The van der Waals surface area contributed by atoms with Crippen LogP contribution in [0.2, 0.25) is 0 Å². The standard InChI is InChI=1S/C15H21N5O/c1-9-5-6-11(16)10(7-9)14-17-18-19-20(14)12-8-13(21-4)15(12,2)3/h5-7,12-13H,8,16H2,1-4H3. The SMILES string of the molecule is COC1CC(n2nnnc2-c2cc(C)ccc2N)C1(C)C. The fourth-order valence-corrected chi connectivity index (χ4v) is 3.12. The highest BCUT2D eigenvalue weighted by Gasteiger charge is 2.51. The minimum atomic E-state index is -0.00251. The summed E-state index contributed by atoms with van der Waals surface area (Å²) >= 11 is 0. The van der Waals surface area contributed by atoms with E-state index in [0.29, 0.717) is 5.69 Å². The molecule has 0 spiro atoms. The zero-order valence-corrected chi connectivity index (χ0v) is 12.9. The second-order valence-corrected chi connectivity index (χ2v) is 6.33. The monoisotopic (exact) mass is 287 g/mol. The highest BCUT2D eigenvalue weighted by molar-refractivity contribution is 5.72. The molecule has 6 heteroatoms. The van der Waals surface area contributed by atoms with E-state index in [9.17, 15) is 0 Å². The molecule has 1 fully saturated rings. The molecule has 2 N–H and O–H groups in total. The second-order valence-electron chi connectivity index (χ2n) is 6.33. The lowest BCUT2D eigenvalue weighted by atomic mass is 9.64. The van der Waals surface area contributed by atoms with E-state index in [-0.39, 0.29) is 17.6 Å². The minimum Gasteiger partial charge on any atom is -0.398 e. The third-order valence-electron chi connectivity index (χ3n) is 4.65. The van der Waals surface area contributed by atoms with Gasteiger partial charge in [0.2, 0.25) is 0 Å². The molecule has 6 nitrogen and oxygen atoms in total. The van der Waals surface area contributed by atoms with E-state index in [1.807, 2.05) is 29.8 Å². The number of methoxy groups -OCH3 is 1. The van der Waals surface area contributed by atoms with Crippen molar-refractivity contribution in [2.75, 3.05) is 12.8 Å². The van der Waals surface area contributed by atoms with Crippen molar-refractivity contribution in [3.05, 3.63) is 23.8 Å². The minimum absolute atomic E-state index is 0.00251. The summed E-state index contributed by atoms with van der Waals surface area (Å²) in [6.45, 7) is 6.39. The fraction of sp³-hybridized carbons (Fsp3) is 0.533. The Hall–Kier alpha value is -1.95. The average Bonchev–Trinajstić information content (AvgIpc) is 2.89. The molecule has 1 aliphatic rings. The van der Waals surface area contributed by atoms with E-state index in [1.165, 1.54) is 0 Å². The Morgan fingerprint density at radius 3 is 2.81 bits per heavy atom. The van der Waals surface area contributed by atoms with Crippen molar-refractivity contribution in [1.29, 1.82) is 0 Å². The van der Waals surface area contributed by atoms with Gasteiger partial charge in [-0.3, -0.25) is 0 Å². The molecule has 1 heterocycles. The summed E-state index contributed by atoms with van der Waals surface area (Å²) in [5.41, 5.74) is 8.81. The molecular formula is C15H21N5O. The number of nitrogens with two attached hydrogens (primary N) is 1. The number of hydrogen-bond donors (Lipinski definition) is 1. The third kappa shape index (κ3) is 2.10. The second kappa shape index (κ2) is 4.80. The smallest absolute Gasteiger partial charge is 0.184 e. The number of benzene rings is 1. The van der Waals surface area contributed by atoms with Crippen LogP contribution in [-0.2, 0) is 4.74 Å². The van der Waals surface area contributed by atoms with Crippen molar-refractivity contribution in [2.45, 2.75) is 39.3 Å². The topological polar surface area (TPSA) is 78.8 Å². The van der Waals surface area contributed by atoms with Gasteiger partial charge >= 0.3 is 0 Å². The van der Waals surface area contributed by atoms with Crippen molar-refractivity contribution in [3.8, 4) is 11.4 Å². The summed E-state index contributed by atoms with van der Waals surface area (Å²) < 4.78 is 7.40. The molecule has 0 saturated heterocycles. The number of tetrazole rings is 1. The normalized spacial score (nSPS) is 23.8. The Balaban J connectivity index is 2.01. The van der Waals surface area contributed by atoms with Crippen LogP contribution in [0.1, 0.15) is 31.9 Å². The van der Waals surface area contributed by atoms with Crippen molar-refractivity contribution in [2.24, 2.45) is 5.41 Å². The molecule has 0 bridgehead atoms. The number of anilines is 1. The van der Waals surface area contributed by atoms with Gasteiger partial charge in [-0.15, -0.1) is 5.10 Å². The first kappa shape index (κ1) is 14.0. The summed E-state index contributed by atoms with van der Waals surface area (Å²) in [6.07, 6.45) is 1.14. The Kier molecular flexibility index (Phi) is 3.20. The molecule has 21 heavy (non-hydrogen) atoms. The number of hydrogen-bond acceptors (Lipinski definition) is 5. The molecule has 2 aromatic rings. The number of aryl methyl sites for hydroxylation is 1. The first-order chi connectivity index (χ1) is 9.95. The molecule has 1 saturated carbocycles. The maximum atomic E-state index is 6.10. The van der Waals surface area contributed by atoms with Crippen molar-refractivity contribution < 1.29 is 4.74 Å². The molecule has 2 unspecified atom stereocenters. The zero-order valence-electron chi connectivity index (χ0n) is 12.9. The van der Waals surface area contributed by atoms with Crippen molar-refractivity contribution >= 4 is 5.69 Å². The molecule has 3 rings (SSSR count). The fourth-order valence-electron chi connectivity index (χ4n) is 3.12. The molecule has 1 aliphatic carbocycles. The zero-order chi connectivity index (χ0) is 15.2. The molecule has 1 aromatic carbocycles. The van der Waals surface area contributed by atoms with Crippen LogP contribution in [0.5, 0.6) is 0 Å². The summed E-state index contributed by atoms with van der Waals surface area (Å²) in [7, 11) is 1.75. The van der Waals surface area contributed by atoms with Crippen LogP contribution < -0.4 is 5.73 Å². The van der Waals surface area contributed by atoms with Crippen LogP contribution in [0, 0.1) is 12.3 Å². The Bertz CT molecular complexity index is 664. The summed E-state index contributed by atoms with van der Waals surface area (Å²) in [4.78, 5) is 0. The van der Waals surface area contributed by atoms with Gasteiger partial charge < -0.3 is 10.5 Å². The predicted molar refractivity (Wildman–Crippen MR) is 80.6 cm³/mol. The first-order valence-corrected chi connectivity index (χ1v) is 7.12. The number of nitrogens with zero attached hydrogens (tertiary/aromatic N) is 4. The third-order valence-corrected chi connectivity index (χ3v) is 4.65. The van der Waals surface area contributed by atoms with Crippen LogP contribution in [0.3, 0.4) is 0 Å². The maximum Gasteiger partial charge on any atom is 0.184 e. The molecular weight excluding hydrogens is 266 g/mol. The number of aromatic nitrogens is 4. The van der Waals surface area contributed by atoms with Gasteiger partial charge in [0.25, 0.3) is 0 Å². The lowest BCUT2D eigenvalue weighted by Crippen LogP contribution is -2.51. The van der Waals surface area contributed by atoms with Gasteiger partial charge in [-0.05, 0) is 35.9 Å². The highest BCUT2D eigenvalue weighted by atomic mass is 16.5. The number of nitrogen functional groups attached to an aromatic ring is 1. The molecule has 2 atom stereocenters. The Labute approximate surface area is 124 Å². The number of ether oxygens (including phenoxy) is 1. The largest absolute Gasteiger partial charge is 0.398 e.